The van der Waals surface area contributed by atoms with Gasteiger partial charge in [-0.15, -0.1) is 12.4 Å². The van der Waals surface area contributed by atoms with Gasteiger partial charge in [0.25, 0.3) is 0 Å². The lowest BCUT2D eigenvalue weighted by molar-refractivity contribution is 0.0662. The van der Waals surface area contributed by atoms with Crippen molar-refractivity contribution in [3.63, 3.8) is 0 Å². The van der Waals surface area contributed by atoms with E-state index in [0.717, 1.165) is 26.2 Å². The third kappa shape index (κ3) is 5.74. The Morgan fingerprint density at radius 3 is 2.35 bits per heavy atom. The molecule has 1 saturated heterocycles. The van der Waals surface area contributed by atoms with Crippen molar-refractivity contribution in [1.82, 2.24) is 4.90 Å². The molecule has 1 aliphatic rings. The average molecular weight is 401 g/mol. The Bertz CT molecular complexity index is 679. The average Bonchev–Trinajstić information content (AvgIpc) is 2.62. The molecule has 1 aliphatic heterocycles. The second-order valence-electron chi connectivity index (χ2n) is 6.16. The van der Waals surface area contributed by atoms with Crippen molar-refractivity contribution in [1.29, 1.82) is 0 Å². The number of nitrogens with zero attached hydrogens (tertiary/aromatic N) is 2. The van der Waals surface area contributed by atoms with Gasteiger partial charge < -0.3 is 14.7 Å². The van der Waals surface area contributed by atoms with Crippen molar-refractivity contribution in [2.24, 2.45) is 0 Å². The van der Waals surface area contributed by atoms with Gasteiger partial charge in [0, 0.05) is 37.7 Å². The second-order valence-corrected chi connectivity index (χ2v) is 6.59. The summed E-state index contributed by atoms with van der Waals surface area (Å²) in [6.45, 7) is 3.82. The van der Waals surface area contributed by atoms with E-state index in [0.29, 0.717) is 23.0 Å². The molecule has 0 bridgehead atoms. The number of aliphatic hydroxyl groups excluding tert-OH is 1. The number of β-amino-alcohol motifs (C(OH)–C–C–N with tert-alkyl or cyclic N) is 1. The first-order chi connectivity index (χ1) is 12.1. The van der Waals surface area contributed by atoms with Crippen LogP contribution in [0.2, 0.25) is 5.02 Å². The molecule has 1 fully saturated rings. The Kier molecular flexibility index (Phi) is 7.97. The number of hydrogen-bond acceptors (Lipinski definition) is 4. The maximum atomic E-state index is 13.8. The highest BCUT2D eigenvalue weighted by Crippen LogP contribution is 2.20. The van der Waals surface area contributed by atoms with E-state index in [2.05, 4.69) is 4.90 Å². The summed E-state index contributed by atoms with van der Waals surface area (Å²) in [6, 6.07) is 13.9. The molecule has 1 unspecified atom stereocenters. The topological polar surface area (TPSA) is 35.9 Å². The highest BCUT2D eigenvalue weighted by molar-refractivity contribution is 6.30. The lowest BCUT2D eigenvalue weighted by Crippen LogP contribution is -2.49. The third-order valence-electron chi connectivity index (χ3n) is 4.29. The highest BCUT2D eigenvalue weighted by Gasteiger charge is 2.21. The molecule has 0 aliphatic carbocycles. The van der Waals surface area contributed by atoms with Gasteiger partial charge >= 0.3 is 0 Å². The van der Waals surface area contributed by atoms with Crippen molar-refractivity contribution < 1.29 is 14.2 Å². The van der Waals surface area contributed by atoms with Crippen molar-refractivity contribution in [2.75, 3.05) is 44.2 Å². The van der Waals surface area contributed by atoms with E-state index >= 15 is 0 Å². The number of anilines is 1. The van der Waals surface area contributed by atoms with Crippen LogP contribution in [0.25, 0.3) is 0 Å². The van der Waals surface area contributed by atoms with Crippen LogP contribution in [0.3, 0.4) is 0 Å². The number of para-hydroxylation sites is 1. The molecule has 3 rings (SSSR count). The molecule has 1 heterocycles. The fourth-order valence-electron chi connectivity index (χ4n) is 2.95. The molecule has 0 amide bonds. The van der Waals surface area contributed by atoms with Gasteiger partial charge in [0.2, 0.25) is 0 Å². The van der Waals surface area contributed by atoms with Crippen LogP contribution >= 0.6 is 24.0 Å². The molecule has 26 heavy (non-hydrogen) atoms. The lowest BCUT2D eigenvalue weighted by atomic mass is 10.2. The van der Waals surface area contributed by atoms with Crippen LogP contribution in [0.4, 0.5) is 10.1 Å². The minimum absolute atomic E-state index is 0. The van der Waals surface area contributed by atoms with Crippen LogP contribution in [-0.2, 0) is 0 Å². The molecule has 7 heteroatoms. The van der Waals surface area contributed by atoms with Gasteiger partial charge in [0.05, 0.1) is 5.69 Å². The van der Waals surface area contributed by atoms with E-state index < -0.39 is 6.10 Å². The highest BCUT2D eigenvalue weighted by atomic mass is 35.5. The van der Waals surface area contributed by atoms with E-state index in [1.807, 2.05) is 11.0 Å². The standard InChI is InChI=1S/C19H22ClFN2O2.ClH/c20-15-5-7-17(8-6-15)25-14-16(24)13-22-9-11-23(12-10-22)19-4-2-1-3-18(19)21;/h1-8,16,24H,9-14H2;1H. The largest absolute Gasteiger partial charge is 0.491 e. The van der Waals surface area contributed by atoms with Gasteiger partial charge in [-0.2, -0.15) is 0 Å². The van der Waals surface area contributed by atoms with Gasteiger partial charge in [-0.1, -0.05) is 23.7 Å². The maximum Gasteiger partial charge on any atom is 0.146 e. The first-order valence-electron chi connectivity index (χ1n) is 8.40. The third-order valence-corrected chi connectivity index (χ3v) is 4.54. The molecule has 4 nitrogen and oxygen atoms in total. The Hall–Kier alpha value is -1.53. The van der Waals surface area contributed by atoms with Crippen LogP contribution in [-0.4, -0.2) is 55.4 Å². The Morgan fingerprint density at radius 1 is 1.04 bits per heavy atom. The SMILES string of the molecule is Cl.OC(COc1ccc(Cl)cc1)CN1CCN(c2ccccc2F)CC1. The van der Waals surface area contributed by atoms with Gasteiger partial charge in [0.15, 0.2) is 0 Å². The van der Waals surface area contributed by atoms with Gasteiger partial charge in [-0.25, -0.2) is 4.39 Å². The molecule has 2 aromatic rings. The summed E-state index contributed by atoms with van der Waals surface area (Å²) in [5, 5.41) is 10.8. The predicted octanol–water partition coefficient (Wildman–Crippen LogP) is 3.46. The summed E-state index contributed by atoms with van der Waals surface area (Å²) >= 11 is 5.83. The number of ether oxygens (including phenoxy) is 1. The number of rotatable bonds is 6. The Labute approximate surface area is 164 Å². The zero-order chi connectivity index (χ0) is 17.6. The van der Waals surface area contributed by atoms with E-state index in [4.69, 9.17) is 16.3 Å². The zero-order valence-corrected chi connectivity index (χ0v) is 15.9. The van der Waals surface area contributed by atoms with Crippen LogP contribution in [0.15, 0.2) is 48.5 Å². The van der Waals surface area contributed by atoms with E-state index in [1.165, 1.54) is 6.07 Å². The predicted molar refractivity (Wildman–Crippen MR) is 105 cm³/mol. The molecular formula is C19H23Cl2FN2O2. The number of hydrogen-bond donors (Lipinski definition) is 1. The summed E-state index contributed by atoms with van der Waals surface area (Å²) in [7, 11) is 0. The summed E-state index contributed by atoms with van der Waals surface area (Å²) in [4.78, 5) is 4.22. The molecule has 0 spiro atoms. The van der Waals surface area contributed by atoms with E-state index in [9.17, 15) is 9.50 Å². The maximum absolute atomic E-state index is 13.8. The number of piperazine rings is 1. The number of benzene rings is 2. The molecule has 1 N–H and O–H groups in total. The quantitative estimate of drug-likeness (QED) is 0.805. The first kappa shape index (κ1) is 20.8. The molecule has 142 valence electrons. The molecule has 0 radical (unpaired) electrons. The Morgan fingerprint density at radius 2 is 1.69 bits per heavy atom. The van der Waals surface area contributed by atoms with Gasteiger partial charge in [0.1, 0.15) is 24.3 Å². The summed E-state index contributed by atoms with van der Waals surface area (Å²) in [5.41, 5.74) is 0.647. The monoisotopic (exact) mass is 400 g/mol. The minimum Gasteiger partial charge on any atom is -0.491 e. The van der Waals surface area contributed by atoms with E-state index in [1.54, 1.807) is 36.4 Å². The Balaban J connectivity index is 0.00000243. The van der Waals surface area contributed by atoms with Crippen LogP contribution in [0, 0.1) is 5.82 Å². The summed E-state index contributed by atoms with van der Waals surface area (Å²) in [5.74, 6) is 0.500. The molecule has 0 saturated carbocycles. The van der Waals surface area contributed by atoms with Crippen LogP contribution < -0.4 is 9.64 Å². The fourth-order valence-corrected chi connectivity index (χ4v) is 3.08. The minimum atomic E-state index is -0.573. The first-order valence-corrected chi connectivity index (χ1v) is 8.78. The second kappa shape index (κ2) is 9.97. The van der Waals surface area contributed by atoms with Crippen LogP contribution in [0.1, 0.15) is 0 Å². The zero-order valence-electron chi connectivity index (χ0n) is 14.4. The van der Waals surface area contributed by atoms with Gasteiger partial charge in [-0.3, -0.25) is 4.90 Å². The number of aliphatic hydroxyl groups is 1. The van der Waals surface area contributed by atoms with Crippen molar-refractivity contribution in [2.45, 2.75) is 6.10 Å². The molecule has 1 atom stereocenters. The molecular weight excluding hydrogens is 378 g/mol. The van der Waals surface area contributed by atoms with E-state index in [-0.39, 0.29) is 24.8 Å². The fraction of sp³-hybridized carbons (Fsp3) is 0.368. The van der Waals surface area contributed by atoms with Crippen LogP contribution in [0.5, 0.6) is 5.75 Å². The number of halogens is 3. The van der Waals surface area contributed by atoms with Gasteiger partial charge in [-0.05, 0) is 36.4 Å². The summed E-state index contributed by atoms with van der Waals surface area (Å²) < 4.78 is 19.4. The molecule has 0 aromatic heterocycles. The summed E-state index contributed by atoms with van der Waals surface area (Å²) in [6.07, 6.45) is -0.573. The van der Waals surface area contributed by atoms with Crippen molar-refractivity contribution in [3.05, 3.63) is 59.4 Å². The van der Waals surface area contributed by atoms with Crippen molar-refractivity contribution in [3.8, 4) is 5.75 Å². The van der Waals surface area contributed by atoms with Crippen molar-refractivity contribution >= 4 is 29.7 Å². The lowest BCUT2D eigenvalue weighted by Gasteiger charge is -2.36. The normalized spacial score (nSPS) is 16.0. The molecule has 2 aromatic carbocycles. The smallest absolute Gasteiger partial charge is 0.146 e.